The zero-order valence-corrected chi connectivity index (χ0v) is 19.0. The Bertz CT molecular complexity index is 1380. The number of rotatable bonds is 3. The largest absolute Gasteiger partial charge is 0.268 e. The molecule has 2 aromatic heterocycles. The normalized spacial score (nSPS) is 16.8. The van der Waals surface area contributed by atoms with Crippen molar-refractivity contribution in [3.8, 4) is 11.3 Å². The molecule has 2 aromatic carbocycles. The van der Waals surface area contributed by atoms with Crippen molar-refractivity contribution in [1.82, 2.24) is 19.6 Å². The number of aryl methyl sites for hydroxylation is 1. The van der Waals surface area contributed by atoms with Crippen LogP contribution in [0.3, 0.4) is 0 Å². The molecule has 6 heteroatoms. The fraction of sp³-hybridized carbons (Fsp3) is 0.346. The van der Waals surface area contributed by atoms with Gasteiger partial charge in [0.15, 0.2) is 5.16 Å². The molecule has 0 aliphatic heterocycles. The van der Waals surface area contributed by atoms with E-state index in [1.807, 2.05) is 6.07 Å². The van der Waals surface area contributed by atoms with Crippen molar-refractivity contribution in [2.24, 2.45) is 0 Å². The van der Waals surface area contributed by atoms with Crippen molar-refractivity contribution < 1.29 is 0 Å². The van der Waals surface area contributed by atoms with Crippen LogP contribution in [0.25, 0.3) is 17.0 Å². The van der Waals surface area contributed by atoms with Crippen molar-refractivity contribution in [2.75, 3.05) is 0 Å². The van der Waals surface area contributed by atoms with Gasteiger partial charge in [0.05, 0.1) is 11.3 Å². The molecule has 6 rings (SSSR count). The highest BCUT2D eigenvalue weighted by Crippen LogP contribution is 2.48. The smallest absolute Gasteiger partial charge is 0.265 e. The minimum atomic E-state index is -0.108. The standard InChI is InChI=1S/C26H26N4OS/c1-17-8-7-9-18(14-17)16-32-25-29-28-24-27-22-20-11-4-3-10-19(20)15-26(12-5-2-6-13-26)21(22)23(31)30(24)25/h3-4,7-11,14H,2,5-6,12-13,15-16H2,1H3,(H,27,28). The molecule has 1 fully saturated rings. The molecule has 0 saturated heterocycles. The van der Waals surface area contributed by atoms with E-state index in [9.17, 15) is 4.79 Å². The predicted molar refractivity (Wildman–Crippen MR) is 128 cm³/mol. The van der Waals surface area contributed by atoms with Crippen molar-refractivity contribution in [1.29, 1.82) is 0 Å². The van der Waals surface area contributed by atoms with Crippen LogP contribution >= 0.6 is 11.8 Å². The molecule has 32 heavy (non-hydrogen) atoms. The van der Waals surface area contributed by atoms with Crippen LogP contribution in [0.2, 0.25) is 0 Å². The van der Waals surface area contributed by atoms with Crippen LogP contribution in [0.4, 0.5) is 0 Å². The van der Waals surface area contributed by atoms with Gasteiger partial charge in [0.25, 0.3) is 5.56 Å². The van der Waals surface area contributed by atoms with E-state index in [-0.39, 0.29) is 11.0 Å². The van der Waals surface area contributed by atoms with Gasteiger partial charge in [-0.05, 0) is 37.3 Å². The topological polar surface area (TPSA) is 63.0 Å². The van der Waals surface area contributed by atoms with E-state index in [2.05, 4.69) is 59.6 Å². The van der Waals surface area contributed by atoms with Crippen LogP contribution in [-0.2, 0) is 17.6 Å². The van der Waals surface area contributed by atoms with Crippen LogP contribution in [0.15, 0.2) is 58.5 Å². The fourth-order valence-corrected chi connectivity index (χ4v) is 6.54. The number of H-pyrrole nitrogens is 1. The number of nitrogens with one attached hydrogen (secondary N) is 1. The molecular formula is C26H26N4OS. The van der Waals surface area contributed by atoms with E-state index in [1.165, 1.54) is 36.0 Å². The number of hydrogen-bond donors (Lipinski definition) is 1. The highest BCUT2D eigenvalue weighted by atomic mass is 32.2. The fourth-order valence-electron chi connectivity index (χ4n) is 5.65. The minimum absolute atomic E-state index is 0.0573. The monoisotopic (exact) mass is 442 g/mol. The predicted octanol–water partition coefficient (Wildman–Crippen LogP) is 5.44. The van der Waals surface area contributed by atoms with E-state index in [0.29, 0.717) is 10.9 Å². The van der Waals surface area contributed by atoms with Gasteiger partial charge in [-0.1, -0.05) is 85.1 Å². The molecule has 0 bridgehead atoms. The average Bonchev–Trinajstić information content (AvgIpc) is 3.22. The van der Waals surface area contributed by atoms with Crippen molar-refractivity contribution in [2.45, 2.75) is 61.8 Å². The molecule has 4 aromatic rings. The van der Waals surface area contributed by atoms with Crippen molar-refractivity contribution in [3.63, 3.8) is 0 Å². The molecule has 5 nitrogen and oxygen atoms in total. The van der Waals surface area contributed by atoms with Crippen LogP contribution in [0, 0.1) is 6.92 Å². The van der Waals surface area contributed by atoms with Gasteiger partial charge in [-0.25, -0.2) is 14.5 Å². The Morgan fingerprint density at radius 1 is 1.09 bits per heavy atom. The van der Waals surface area contributed by atoms with E-state index in [1.54, 1.807) is 16.2 Å². The third-order valence-electron chi connectivity index (χ3n) is 7.12. The molecular weight excluding hydrogens is 416 g/mol. The van der Waals surface area contributed by atoms with Gasteiger partial charge in [0.1, 0.15) is 0 Å². The van der Waals surface area contributed by atoms with Crippen LogP contribution in [-0.4, -0.2) is 19.6 Å². The third kappa shape index (κ3) is 3.12. The summed E-state index contributed by atoms with van der Waals surface area (Å²) in [7, 11) is 0. The third-order valence-corrected chi connectivity index (χ3v) is 8.13. The minimum Gasteiger partial charge on any atom is -0.268 e. The zero-order chi connectivity index (χ0) is 21.7. The molecule has 0 amide bonds. The lowest BCUT2D eigenvalue weighted by Crippen LogP contribution is -2.41. The number of benzene rings is 2. The summed E-state index contributed by atoms with van der Waals surface area (Å²) in [5, 5.41) is 8.21. The Morgan fingerprint density at radius 3 is 2.78 bits per heavy atom. The Balaban J connectivity index is 1.50. The lowest BCUT2D eigenvalue weighted by atomic mass is 9.62. The number of aromatic nitrogens is 4. The first-order chi connectivity index (χ1) is 15.6. The molecule has 0 atom stereocenters. The summed E-state index contributed by atoms with van der Waals surface area (Å²) >= 11 is 1.58. The van der Waals surface area contributed by atoms with Crippen LogP contribution in [0.1, 0.15) is 54.4 Å². The van der Waals surface area contributed by atoms with Gasteiger partial charge >= 0.3 is 0 Å². The molecule has 1 saturated carbocycles. The Morgan fingerprint density at radius 2 is 1.94 bits per heavy atom. The highest BCUT2D eigenvalue weighted by Gasteiger charge is 2.43. The Kier molecular flexibility index (Phi) is 4.72. The maximum atomic E-state index is 14.1. The molecule has 1 N–H and O–H groups in total. The number of hydrogen-bond acceptors (Lipinski definition) is 4. The zero-order valence-electron chi connectivity index (χ0n) is 18.2. The molecule has 1 spiro atoms. The Labute approximate surface area is 191 Å². The number of aromatic amines is 1. The SMILES string of the molecule is Cc1cccc(CSc2n[nH]c3nc4c(c(=O)n23)C2(CCCCC2)Cc2ccccc2-4)c1. The van der Waals surface area contributed by atoms with E-state index in [0.717, 1.165) is 41.8 Å². The first-order valence-corrected chi connectivity index (χ1v) is 12.4. The molecule has 2 aliphatic carbocycles. The molecule has 162 valence electrons. The van der Waals surface area contributed by atoms with E-state index >= 15 is 0 Å². The summed E-state index contributed by atoms with van der Waals surface area (Å²) in [6.07, 6.45) is 6.64. The first kappa shape index (κ1) is 19.8. The van der Waals surface area contributed by atoms with Crippen LogP contribution in [0.5, 0.6) is 0 Å². The summed E-state index contributed by atoms with van der Waals surface area (Å²) < 4.78 is 1.71. The lowest BCUT2D eigenvalue weighted by molar-refractivity contribution is 0.284. The molecule has 2 heterocycles. The number of thioether (sulfide) groups is 1. The van der Waals surface area contributed by atoms with Crippen LogP contribution < -0.4 is 5.56 Å². The quantitative estimate of drug-likeness (QED) is 0.429. The Hall–Kier alpha value is -2.86. The second-order valence-corrected chi connectivity index (χ2v) is 10.2. The number of nitrogens with zero attached hydrogens (tertiary/aromatic N) is 3. The van der Waals surface area contributed by atoms with E-state index in [4.69, 9.17) is 4.98 Å². The summed E-state index contributed by atoms with van der Waals surface area (Å²) in [6, 6.07) is 16.9. The van der Waals surface area contributed by atoms with Crippen molar-refractivity contribution in [3.05, 3.63) is 81.1 Å². The van der Waals surface area contributed by atoms with Gasteiger partial charge in [0.2, 0.25) is 5.78 Å². The van der Waals surface area contributed by atoms with Gasteiger partial charge in [-0.3, -0.25) is 4.79 Å². The second-order valence-electron chi connectivity index (χ2n) is 9.26. The summed E-state index contributed by atoms with van der Waals surface area (Å²) in [5.74, 6) is 1.29. The van der Waals surface area contributed by atoms with E-state index < -0.39 is 0 Å². The second kappa shape index (κ2) is 7.62. The van der Waals surface area contributed by atoms with Gasteiger partial charge in [0, 0.05) is 16.7 Å². The maximum Gasteiger partial charge on any atom is 0.265 e. The number of fused-ring (bicyclic) bond motifs is 5. The highest BCUT2D eigenvalue weighted by molar-refractivity contribution is 7.98. The molecule has 0 radical (unpaired) electrons. The maximum absolute atomic E-state index is 14.1. The first-order valence-electron chi connectivity index (χ1n) is 11.4. The summed E-state index contributed by atoms with van der Waals surface area (Å²) in [4.78, 5) is 19.0. The molecule has 2 aliphatic rings. The summed E-state index contributed by atoms with van der Waals surface area (Å²) in [5.41, 5.74) is 6.59. The van der Waals surface area contributed by atoms with Gasteiger partial charge < -0.3 is 0 Å². The molecule has 0 unspecified atom stereocenters. The van der Waals surface area contributed by atoms with Gasteiger partial charge in [-0.2, -0.15) is 0 Å². The van der Waals surface area contributed by atoms with Crippen molar-refractivity contribution >= 4 is 17.5 Å². The van der Waals surface area contributed by atoms with Gasteiger partial charge in [-0.15, -0.1) is 5.10 Å². The summed E-state index contributed by atoms with van der Waals surface area (Å²) in [6.45, 7) is 2.10. The lowest BCUT2D eigenvalue weighted by Gasteiger charge is -2.41. The average molecular weight is 443 g/mol.